The van der Waals surface area contributed by atoms with Crippen molar-refractivity contribution in [1.29, 1.82) is 0 Å². The molecule has 0 saturated heterocycles. The van der Waals surface area contributed by atoms with Crippen molar-refractivity contribution < 1.29 is 17.6 Å². The predicted molar refractivity (Wildman–Crippen MR) is 45.8 cm³/mol. The smallest absolute Gasteiger partial charge is 0.258 e. The van der Waals surface area contributed by atoms with Crippen LogP contribution in [-0.4, -0.2) is 11.2 Å². The van der Waals surface area contributed by atoms with Gasteiger partial charge in [-0.1, -0.05) is 6.07 Å². The molecule has 1 fully saturated rings. The van der Waals surface area contributed by atoms with E-state index >= 15 is 0 Å². The lowest BCUT2D eigenvalue weighted by molar-refractivity contribution is -0.245. The summed E-state index contributed by atoms with van der Waals surface area (Å²) in [6.07, 6.45) is -3.17. The average Bonchev–Trinajstić information content (AvgIpc) is 2.99. The highest BCUT2D eigenvalue weighted by Gasteiger charge is 2.65. The summed E-state index contributed by atoms with van der Waals surface area (Å²) in [6.45, 7) is 0. The van der Waals surface area contributed by atoms with Crippen LogP contribution in [0.15, 0.2) is 24.4 Å². The molecule has 0 spiro atoms. The van der Waals surface area contributed by atoms with E-state index < -0.39 is 23.5 Å². The highest BCUT2D eigenvalue weighted by molar-refractivity contribution is 5.20. The summed E-state index contributed by atoms with van der Waals surface area (Å²) in [6, 6.07) is 3.92. The number of aromatic nitrogens is 1. The SMILES string of the molecule is FC(F)(F)C(F)(c1ccccn1)C1CC1. The van der Waals surface area contributed by atoms with E-state index in [-0.39, 0.29) is 12.8 Å². The fourth-order valence-corrected chi connectivity index (χ4v) is 1.64. The Kier molecular flexibility index (Phi) is 2.20. The topological polar surface area (TPSA) is 12.9 Å². The molecule has 2 rings (SSSR count). The van der Waals surface area contributed by atoms with Crippen molar-refractivity contribution in [2.45, 2.75) is 24.7 Å². The molecule has 1 atom stereocenters. The third-order valence-electron chi connectivity index (χ3n) is 2.59. The Hall–Kier alpha value is -1.13. The van der Waals surface area contributed by atoms with Crippen LogP contribution in [0.2, 0.25) is 0 Å². The Morgan fingerprint density at radius 2 is 1.80 bits per heavy atom. The molecule has 0 N–H and O–H groups in total. The lowest BCUT2D eigenvalue weighted by Crippen LogP contribution is -2.40. The van der Waals surface area contributed by atoms with Gasteiger partial charge in [-0.2, -0.15) is 13.2 Å². The largest absolute Gasteiger partial charge is 0.428 e. The van der Waals surface area contributed by atoms with E-state index in [4.69, 9.17) is 0 Å². The van der Waals surface area contributed by atoms with Crippen molar-refractivity contribution >= 4 is 0 Å². The van der Waals surface area contributed by atoms with Gasteiger partial charge in [0.05, 0.1) is 5.69 Å². The van der Waals surface area contributed by atoms with E-state index in [2.05, 4.69) is 4.98 Å². The van der Waals surface area contributed by atoms with Crippen molar-refractivity contribution in [3.63, 3.8) is 0 Å². The Morgan fingerprint density at radius 1 is 1.13 bits per heavy atom. The van der Waals surface area contributed by atoms with Crippen LogP contribution in [0.5, 0.6) is 0 Å². The van der Waals surface area contributed by atoms with Gasteiger partial charge in [0, 0.05) is 12.1 Å². The first-order chi connectivity index (χ1) is 6.96. The molecule has 1 unspecified atom stereocenters. The second-order valence-corrected chi connectivity index (χ2v) is 3.70. The third kappa shape index (κ3) is 1.60. The van der Waals surface area contributed by atoms with Gasteiger partial charge < -0.3 is 0 Å². The van der Waals surface area contributed by atoms with E-state index in [1.807, 2.05) is 0 Å². The first kappa shape index (κ1) is 10.4. The molecular formula is C10H9F4N. The van der Waals surface area contributed by atoms with Gasteiger partial charge in [0.15, 0.2) is 0 Å². The van der Waals surface area contributed by atoms with Crippen molar-refractivity contribution in [1.82, 2.24) is 4.98 Å². The summed E-state index contributed by atoms with van der Waals surface area (Å²) < 4.78 is 52.0. The van der Waals surface area contributed by atoms with E-state index in [9.17, 15) is 17.6 Å². The molecule has 0 aliphatic heterocycles. The van der Waals surface area contributed by atoms with Gasteiger partial charge in [0.1, 0.15) is 0 Å². The maximum atomic E-state index is 14.0. The number of halogens is 4. The number of hydrogen-bond donors (Lipinski definition) is 0. The number of hydrogen-bond acceptors (Lipinski definition) is 1. The summed E-state index contributed by atoms with van der Waals surface area (Å²) in [7, 11) is 0. The molecule has 0 amide bonds. The van der Waals surface area contributed by atoms with Gasteiger partial charge in [-0.3, -0.25) is 4.98 Å². The minimum atomic E-state index is -4.89. The van der Waals surface area contributed by atoms with Crippen LogP contribution in [0.1, 0.15) is 18.5 Å². The number of pyridine rings is 1. The zero-order valence-corrected chi connectivity index (χ0v) is 7.76. The highest BCUT2D eigenvalue weighted by Crippen LogP contribution is 2.56. The molecule has 1 aromatic rings. The van der Waals surface area contributed by atoms with Crippen LogP contribution in [-0.2, 0) is 5.67 Å². The summed E-state index contributed by atoms with van der Waals surface area (Å²) >= 11 is 0. The first-order valence-electron chi connectivity index (χ1n) is 4.63. The Balaban J connectivity index is 2.44. The molecule has 1 aliphatic rings. The second kappa shape index (κ2) is 3.18. The van der Waals surface area contributed by atoms with Gasteiger partial charge >= 0.3 is 6.18 Å². The molecule has 0 bridgehead atoms. The zero-order chi connectivity index (χ0) is 11.1. The fraction of sp³-hybridized carbons (Fsp3) is 0.500. The molecule has 15 heavy (non-hydrogen) atoms. The molecule has 1 saturated carbocycles. The van der Waals surface area contributed by atoms with Gasteiger partial charge in [-0.05, 0) is 25.0 Å². The third-order valence-corrected chi connectivity index (χ3v) is 2.59. The molecule has 1 aliphatic carbocycles. The van der Waals surface area contributed by atoms with Crippen LogP contribution >= 0.6 is 0 Å². The normalized spacial score (nSPS) is 21.1. The number of rotatable bonds is 2. The Bertz CT molecular complexity index is 344. The summed E-state index contributed by atoms with van der Waals surface area (Å²) in [5.74, 6) is -0.965. The molecule has 82 valence electrons. The van der Waals surface area contributed by atoms with Crippen molar-refractivity contribution in [2.75, 3.05) is 0 Å². The minimum absolute atomic E-state index is 0.270. The van der Waals surface area contributed by atoms with Gasteiger partial charge in [-0.15, -0.1) is 0 Å². The van der Waals surface area contributed by atoms with Crippen LogP contribution in [0.25, 0.3) is 0 Å². The average molecular weight is 219 g/mol. The number of alkyl halides is 4. The predicted octanol–water partition coefficient (Wildman–Crippen LogP) is 3.22. The maximum absolute atomic E-state index is 14.0. The zero-order valence-electron chi connectivity index (χ0n) is 7.76. The summed E-state index contributed by atoms with van der Waals surface area (Å²) in [4.78, 5) is 3.48. The van der Waals surface area contributed by atoms with E-state index in [1.54, 1.807) is 0 Å². The van der Waals surface area contributed by atoms with E-state index in [0.717, 1.165) is 6.07 Å². The standard InChI is InChI=1S/C10H9F4N/c11-9(7-4-5-7,10(12,13)14)8-3-1-2-6-15-8/h1-3,6-7H,4-5H2. The van der Waals surface area contributed by atoms with Crippen LogP contribution < -0.4 is 0 Å². The minimum Gasteiger partial charge on any atom is -0.258 e. The molecule has 1 heterocycles. The van der Waals surface area contributed by atoms with Crippen LogP contribution in [0.3, 0.4) is 0 Å². The van der Waals surface area contributed by atoms with Crippen LogP contribution in [0.4, 0.5) is 17.6 Å². The van der Waals surface area contributed by atoms with Gasteiger partial charge in [-0.25, -0.2) is 4.39 Å². The van der Waals surface area contributed by atoms with E-state index in [1.165, 1.54) is 18.3 Å². The first-order valence-corrected chi connectivity index (χ1v) is 4.63. The van der Waals surface area contributed by atoms with E-state index in [0.29, 0.717) is 0 Å². The lowest BCUT2D eigenvalue weighted by atomic mass is 9.94. The Morgan fingerprint density at radius 3 is 2.20 bits per heavy atom. The second-order valence-electron chi connectivity index (χ2n) is 3.70. The highest BCUT2D eigenvalue weighted by atomic mass is 19.4. The molecule has 0 radical (unpaired) electrons. The fourth-order valence-electron chi connectivity index (χ4n) is 1.64. The molecular weight excluding hydrogens is 210 g/mol. The molecule has 5 heteroatoms. The quantitative estimate of drug-likeness (QED) is 0.696. The van der Waals surface area contributed by atoms with Crippen molar-refractivity contribution in [3.05, 3.63) is 30.1 Å². The number of nitrogens with zero attached hydrogens (tertiary/aromatic N) is 1. The Labute approximate surface area is 84.1 Å². The van der Waals surface area contributed by atoms with Gasteiger partial charge in [0.25, 0.3) is 0 Å². The maximum Gasteiger partial charge on any atom is 0.428 e. The molecule has 1 aromatic heterocycles. The molecule has 0 aromatic carbocycles. The monoisotopic (exact) mass is 219 g/mol. The summed E-state index contributed by atoms with van der Waals surface area (Å²) in [5.41, 5.74) is -3.80. The van der Waals surface area contributed by atoms with Crippen LogP contribution in [0, 0.1) is 5.92 Å². The van der Waals surface area contributed by atoms with Crippen molar-refractivity contribution in [3.8, 4) is 0 Å². The van der Waals surface area contributed by atoms with Crippen molar-refractivity contribution in [2.24, 2.45) is 5.92 Å². The molecule has 1 nitrogen and oxygen atoms in total. The summed E-state index contributed by atoms with van der Waals surface area (Å²) in [5, 5.41) is 0. The van der Waals surface area contributed by atoms with Gasteiger partial charge in [0.2, 0.25) is 5.67 Å². The lowest BCUT2D eigenvalue weighted by Gasteiger charge is -2.27.